The van der Waals surface area contributed by atoms with Gasteiger partial charge >= 0.3 is 0 Å². The highest BCUT2D eigenvalue weighted by molar-refractivity contribution is 6.31. The van der Waals surface area contributed by atoms with Crippen LogP contribution in [-0.4, -0.2) is 11.7 Å². The fourth-order valence-electron chi connectivity index (χ4n) is 1.07. The van der Waals surface area contributed by atoms with Gasteiger partial charge in [0.2, 0.25) is 0 Å². The number of nitrogens with two attached hydrogens (primary N) is 1. The van der Waals surface area contributed by atoms with Crippen LogP contribution in [0.4, 0.5) is 0 Å². The maximum Gasteiger partial charge on any atom is 0.0453 e. The number of rotatable bonds is 3. The van der Waals surface area contributed by atoms with Gasteiger partial charge in [0.1, 0.15) is 0 Å². The van der Waals surface area contributed by atoms with Crippen molar-refractivity contribution in [2.45, 2.75) is 12.5 Å². The van der Waals surface area contributed by atoms with Gasteiger partial charge in [0.15, 0.2) is 0 Å². The van der Waals surface area contributed by atoms with Gasteiger partial charge in [-0.05, 0) is 18.1 Å². The van der Waals surface area contributed by atoms with Crippen molar-refractivity contribution >= 4 is 11.6 Å². The number of hydrogen-bond acceptors (Lipinski definition) is 2. The molecule has 0 fully saturated rings. The Labute approximate surface area is 77.0 Å². The molecule has 1 aromatic rings. The molecule has 0 aliphatic rings. The third-order valence-corrected chi connectivity index (χ3v) is 2.09. The van der Waals surface area contributed by atoms with Gasteiger partial charge in [-0.25, -0.2) is 0 Å². The Morgan fingerprint density at radius 1 is 1.42 bits per heavy atom. The Bertz CT molecular complexity index is 252. The van der Waals surface area contributed by atoms with Gasteiger partial charge in [-0.15, -0.1) is 0 Å². The summed E-state index contributed by atoms with van der Waals surface area (Å²) in [6.45, 7) is 0.0897. The van der Waals surface area contributed by atoms with Gasteiger partial charge in [0.05, 0.1) is 0 Å². The standard InChI is InChI=1S/C9H12ClNO/c10-8-4-2-1-3-7(8)9(11)5-6-12/h1-4,9,12H,5-6,11H2/t9-/m1/s1. The normalized spacial score (nSPS) is 12.9. The van der Waals surface area contributed by atoms with Crippen LogP contribution in [0.2, 0.25) is 5.02 Å². The van der Waals surface area contributed by atoms with E-state index in [-0.39, 0.29) is 12.6 Å². The molecule has 3 heteroatoms. The summed E-state index contributed by atoms with van der Waals surface area (Å²) in [7, 11) is 0. The first-order chi connectivity index (χ1) is 5.75. The van der Waals surface area contributed by atoms with Crippen LogP contribution in [-0.2, 0) is 0 Å². The predicted octanol–water partition coefficient (Wildman–Crippen LogP) is 1.72. The predicted molar refractivity (Wildman–Crippen MR) is 50.1 cm³/mol. The number of halogens is 1. The highest BCUT2D eigenvalue weighted by Crippen LogP contribution is 2.22. The number of aliphatic hydroxyl groups is 1. The maximum absolute atomic E-state index is 8.67. The zero-order chi connectivity index (χ0) is 8.97. The zero-order valence-electron chi connectivity index (χ0n) is 6.70. The summed E-state index contributed by atoms with van der Waals surface area (Å²) in [5.41, 5.74) is 6.66. The van der Waals surface area contributed by atoms with Crippen molar-refractivity contribution in [1.29, 1.82) is 0 Å². The third-order valence-electron chi connectivity index (χ3n) is 1.74. The van der Waals surface area contributed by atoms with E-state index in [1.54, 1.807) is 6.07 Å². The van der Waals surface area contributed by atoms with Crippen molar-refractivity contribution < 1.29 is 5.11 Å². The molecular formula is C9H12ClNO. The van der Waals surface area contributed by atoms with Gasteiger partial charge in [0, 0.05) is 17.7 Å². The van der Waals surface area contributed by atoms with E-state index < -0.39 is 0 Å². The van der Waals surface area contributed by atoms with E-state index in [9.17, 15) is 0 Å². The van der Waals surface area contributed by atoms with Crippen LogP contribution >= 0.6 is 11.6 Å². The Hall–Kier alpha value is -0.570. The van der Waals surface area contributed by atoms with Crippen molar-refractivity contribution in [2.75, 3.05) is 6.61 Å². The number of hydrogen-bond donors (Lipinski definition) is 2. The van der Waals surface area contributed by atoms with Crippen LogP contribution in [0.25, 0.3) is 0 Å². The summed E-state index contributed by atoms with van der Waals surface area (Å²) in [4.78, 5) is 0. The lowest BCUT2D eigenvalue weighted by Gasteiger charge is -2.11. The average Bonchev–Trinajstić information content (AvgIpc) is 2.05. The summed E-state index contributed by atoms with van der Waals surface area (Å²) in [5, 5.41) is 9.33. The van der Waals surface area contributed by atoms with E-state index in [2.05, 4.69) is 0 Å². The second-order valence-electron chi connectivity index (χ2n) is 2.64. The molecule has 66 valence electrons. The fourth-order valence-corrected chi connectivity index (χ4v) is 1.35. The molecule has 12 heavy (non-hydrogen) atoms. The summed E-state index contributed by atoms with van der Waals surface area (Å²) in [5.74, 6) is 0. The highest BCUT2D eigenvalue weighted by atomic mass is 35.5. The van der Waals surface area contributed by atoms with Crippen LogP contribution in [0.5, 0.6) is 0 Å². The van der Waals surface area contributed by atoms with Crippen molar-refractivity contribution in [3.8, 4) is 0 Å². The summed E-state index contributed by atoms with van der Waals surface area (Å²) in [6, 6.07) is 7.26. The molecule has 0 aromatic heterocycles. The van der Waals surface area contributed by atoms with Crippen LogP contribution in [0.3, 0.4) is 0 Å². The van der Waals surface area contributed by atoms with Gasteiger partial charge in [0.25, 0.3) is 0 Å². The monoisotopic (exact) mass is 185 g/mol. The largest absolute Gasteiger partial charge is 0.396 e. The van der Waals surface area contributed by atoms with Gasteiger partial charge in [-0.1, -0.05) is 29.8 Å². The summed E-state index contributed by atoms with van der Waals surface area (Å²) >= 11 is 5.89. The van der Waals surface area contributed by atoms with Crippen molar-refractivity contribution in [2.24, 2.45) is 5.73 Å². The Balaban J connectivity index is 2.79. The molecule has 0 saturated heterocycles. The smallest absolute Gasteiger partial charge is 0.0453 e. The first-order valence-electron chi connectivity index (χ1n) is 3.86. The lowest BCUT2D eigenvalue weighted by atomic mass is 10.1. The minimum atomic E-state index is -0.163. The fraction of sp³-hybridized carbons (Fsp3) is 0.333. The molecule has 0 aliphatic heterocycles. The van der Waals surface area contributed by atoms with Crippen LogP contribution in [0.1, 0.15) is 18.0 Å². The van der Waals surface area contributed by atoms with Crippen LogP contribution < -0.4 is 5.73 Å². The SMILES string of the molecule is N[C@H](CCO)c1ccccc1Cl. The lowest BCUT2D eigenvalue weighted by Crippen LogP contribution is -2.12. The van der Waals surface area contributed by atoms with E-state index in [0.717, 1.165) is 5.56 Å². The first kappa shape index (κ1) is 9.52. The Morgan fingerprint density at radius 2 is 2.08 bits per heavy atom. The molecule has 0 heterocycles. The van der Waals surface area contributed by atoms with Crippen LogP contribution in [0.15, 0.2) is 24.3 Å². The van der Waals surface area contributed by atoms with Crippen LogP contribution in [0, 0.1) is 0 Å². The average molecular weight is 186 g/mol. The highest BCUT2D eigenvalue weighted by Gasteiger charge is 2.07. The molecular weight excluding hydrogens is 174 g/mol. The van der Waals surface area contributed by atoms with Gasteiger partial charge in [-0.2, -0.15) is 0 Å². The molecule has 3 N–H and O–H groups in total. The molecule has 0 unspecified atom stereocenters. The first-order valence-corrected chi connectivity index (χ1v) is 4.24. The molecule has 0 saturated carbocycles. The van der Waals surface area contributed by atoms with Gasteiger partial charge in [-0.3, -0.25) is 0 Å². The lowest BCUT2D eigenvalue weighted by molar-refractivity contribution is 0.276. The molecule has 0 radical (unpaired) electrons. The number of aliphatic hydroxyl groups excluding tert-OH is 1. The summed E-state index contributed by atoms with van der Waals surface area (Å²) < 4.78 is 0. The maximum atomic E-state index is 8.67. The van der Waals surface area contributed by atoms with E-state index in [4.69, 9.17) is 22.4 Å². The van der Waals surface area contributed by atoms with E-state index in [1.807, 2.05) is 18.2 Å². The second-order valence-corrected chi connectivity index (χ2v) is 3.05. The van der Waals surface area contributed by atoms with E-state index in [1.165, 1.54) is 0 Å². The van der Waals surface area contributed by atoms with E-state index >= 15 is 0 Å². The molecule has 2 nitrogen and oxygen atoms in total. The molecule has 1 atom stereocenters. The topological polar surface area (TPSA) is 46.2 Å². The summed E-state index contributed by atoms with van der Waals surface area (Å²) in [6.07, 6.45) is 0.545. The Kier molecular flexibility index (Phi) is 3.53. The molecule has 0 aliphatic carbocycles. The van der Waals surface area contributed by atoms with E-state index in [0.29, 0.717) is 11.4 Å². The minimum Gasteiger partial charge on any atom is -0.396 e. The van der Waals surface area contributed by atoms with Crippen molar-refractivity contribution in [3.05, 3.63) is 34.9 Å². The van der Waals surface area contributed by atoms with Crippen molar-refractivity contribution in [1.82, 2.24) is 0 Å². The third kappa shape index (κ3) is 2.21. The Morgan fingerprint density at radius 3 is 2.67 bits per heavy atom. The van der Waals surface area contributed by atoms with Crippen molar-refractivity contribution in [3.63, 3.8) is 0 Å². The molecule has 0 bridgehead atoms. The van der Waals surface area contributed by atoms with Gasteiger partial charge < -0.3 is 10.8 Å². The zero-order valence-corrected chi connectivity index (χ0v) is 7.46. The second kappa shape index (κ2) is 4.45. The molecule has 0 amide bonds. The molecule has 1 aromatic carbocycles. The molecule has 1 rings (SSSR count). The molecule has 0 spiro atoms. The quantitative estimate of drug-likeness (QED) is 0.754. The minimum absolute atomic E-state index is 0.0897. The number of benzene rings is 1.